The van der Waals surface area contributed by atoms with Crippen molar-refractivity contribution < 1.29 is 14.2 Å². The maximum atomic E-state index is 5.05. The van der Waals surface area contributed by atoms with E-state index in [1.807, 2.05) is 6.92 Å². The van der Waals surface area contributed by atoms with Crippen LogP contribution in [0.4, 0.5) is 0 Å². The number of allylic oxidation sites excluding steroid dienone is 1. The van der Waals surface area contributed by atoms with E-state index in [1.165, 1.54) is 0 Å². The summed E-state index contributed by atoms with van der Waals surface area (Å²) >= 11 is 0. The highest BCUT2D eigenvalue weighted by atomic mass is 16.7. The van der Waals surface area contributed by atoms with Gasteiger partial charge in [0, 0.05) is 7.11 Å². The largest absolute Gasteiger partial charge is 0.428 e. The van der Waals surface area contributed by atoms with Crippen LogP contribution < -0.4 is 0 Å². The summed E-state index contributed by atoms with van der Waals surface area (Å²) < 4.78 is 14.9. The van der Waals surface area contributed by atoms with E-state index in [0.29, 0.717) is 18.3 Å². The molecule has 0 aromatic carbocycles. The molecule has 0 bridgehead atoms. The van der Waals surface area contributed by atoms with Gasteiger partial charge >= 0.3 is 0 Å². The van der Waals surface area contributed by atoms with E-state index in [9.17, 15) is 0 Å². The summed E-state index contributed by atoms with van der Waals surface area (Å²) in [5, 5.41) is 0. The van der Waals surface area contributed by atoms with Gasteiger partial charge in [-0.2, -0.15) is 0 Å². The Morgan fingerprint density at radius 3 is 2.60 bits per heavy atom. The highest BCUT2D eigenvalue weighted by Crippen LogP contribution is 2.22. The van der Waals surface area contributed by atoms with Gasteiger partial charge in [-0.25, -0.2) is 0 Å². The van der Waals surface area contributed by atoms with Crippen LogP contribution in [-0.4, -0.2) is 13.7 Å². The predicted molar refractivity (Wildman–Crippen MR) is 35.9 cm³/mol. The first kappa shape index (κ1) is 7.15. The molecule has 0 spiro atoms. The zero-order valence-electron chi connectivity index (χ0n) is 6.14. The molecule has 3 nitrogen and oxygen atoms in total. The summed E-state index contributed by atoms with van der Waals surface area (Å²) in [5.74, 6) is 1.75. The van der Waals surface area contributed by atoms with Crippen molar-refractivity contribution >= 4 is 0 Å². The summed E-state index contributed by atoms with van der Waals surface area (Å²) in [6.45, 7) is 5.74. The Balaban J connectivity index is 2.57. The molecule has 1 aliphatic rings. The second-order valence-corrected chi connectivity index (χ2v) is 1.99. The average molecular weight is 142 g/mol. The Morgan fingerprint density at radius 1 is 1.50 bits per heavy atom. The summed E-state index contributed by atoms with van der Waals surface area (Å²) in [6.07, 6.45) is 0. The van der Waals surface area contributed by atoms with E-state index in [1.54, 1.807) is 7.11 Å². The molecule has 0 aliphatic carbocycles. The van der Waals surface area contributed by atoms with Gasteiger partial charge in [0.25, 0.3) is 5.95 Å². The minimum Gasteiger partial charge on any atom is -0.428 e. The second-order valence-electron chi connectivity index (χ2n) is 1.99. The maximum Gasteiger partial charge on any atom is 0.282 e. The Hall–Kier alpha value is -0.960. The van der Waals surface area contributed by atoms with Crippen molar-refractivity contribution in [1.29, 1.82) is 0 Å². The molecule has 0 aromatic heterocycles. The lowest BCUT2D eigenvalue weighted by atomic mass is 10.4. The Labute approximate surface area is 59.9 Å². The Bertz CT molecular complexity index is 181. The lowest BCUT2D eigenvalue weighted by molar-refractivity contribution is 0.141. The molecule has 0 unspecified atom stereocenters. The van der Waals surface area contributed by atoms with Crippen LogP contribution in [-0.2, 0) is 14.2 Å². The minimum absolute atomic E-state index is 0.324. The number of ether oxygens (including phenoxy) is 3. The van der Waals surface area contributed by atoms with Crippen molar-refractivity contribution in [3.63, 3.8) is 0 Å². The third kappa shape index (κ3) is 1.30. The summed E-state index contributed by atoms with van der Waals surface area (Å²) in [4.78, 5) is 0. The van der Waals surface area contributed by atoms with Crippen LogP contribution >= 0.6 is 0 Å². The van der Waals surface area contributed by atoms with Crippen molar-refractivity contribution in [3.05, 3.63) is 24.0 Å². The first-order valence-electron chi connectivity index (χ1n) is 2.97. The van der Waals surface area contributed by atoms with Gasteiger partial charge in [0.1, 0.15) is 12.4 Å². The van der Waals surface area contributed by atoms with Crippen LogP contribution in [0.3, 0.4) is 0 Å². The fourth-order valence-electron chi connectivity index (χ4n) is 0.720. The molecule has 10 heavy (non-hydrogen) atoms. The number of methoxy groups -OCH3 is 1. The molecule has 1 aliphatic heterocycles. The SMILES string of the molecule is C=C1OC(C)=C(COC)O1. The van der Waals surface area contributed by atoms with Gasteiger partial charge in [-0.3, -0.25) is 0 Å². The quantitative estimate of drug-likeness (QED) is 0.583. The monoisotopic (exact) mass is 142 g/mol. The first-order chi connectivity index (χ1) is 4.74. The van der Waals surface area contributed by atoms with Crippen molar-refractivity contribution in [2.24, 2.45) is 0 Å². The fraction of sp³-hybridized carbons (Fsp3) is 0.429. The molecule has 1 rings (SSSR count). The first-order valence-corrected chi connectivity index (χ1v) is 2.97. The van der Waals surface area contributed by atoms with Gasteiger partial charge in [-0.1, -0.05) is 0 Å². The lowest BCUT2D eigenvalue weighted by Gasteiger charge is -1.97. The van der Waals surface area contributed by atoms with E-state index < -0.39 is 0 Å². The molecular formula is C7H10O3. The maximum absolute atomic E-state index is 5.05. The normalized spacial score (nSPS) is 17.2. The molecule has 0 fully saturated rings. The molecule has 0 saturated carbocycles. The molecule has 3 heteroatoms. The number of rotatable bonds is 2. The summed E-state index contributed by atoms with van der Waals surface area (Å²) in [5.41, 5.74) is 0. The van der Waals surface area contributed by atoms with Crippen LogP contribution in [0.1, 0.15) is 6.92 Å². The Morgan fingerprint density at radius 2 is 2.20 bits per heavy atom. The van der Waals surface area contributed by atoms with E-state index in [0.717, 1.165) is 5.76 Å². The zero-order chi connectivity index (χ0) is 7.56. The van der Waals surface area contributed by atoms with E-state index in [2.05, 4.69) is 6.58 Å². The second kappa shape index (κ2) is 2.75. The number of hydrogen-bond acceptors (Lipinski definition) is 3. The van der Waals surface area contributed by atoms with Gasteiger partial charge in [0.15, 0.2) is 5.76 Å². The molecule has 0 amide bonds. The van der Waals surface area contributed by atoms with Gasteiger partial charge in [0.05, 0.1) is 0 Å². The molecule has 0 N–H and O–H groups in total. The van der Waals surface area contributed by atoms with Crippen LogP contribution in [0, 0.1) is 0 Å². The highest BCUT2D eigenvalue weighted by molar-refractivity contribution is 5.08. The molecule has 1 heterocycles. The lowest BCUT2D eigenvalue weighted by Crippen LogP contribution is -1.94. The van der Waals surface area contributed by atoms with Gasteiger partial charge < -0.3 is 14.2 Å². The zero-order valence-corrected chi connectivity index (χ0v) is 6.14. The van der Waals surface area contributed by atoms with Gasteiger partial charge in [-0.15, -0.1) is 0 Å². The van der Waals surface area contributed by atoms with Crippen molar-refractivity contribution in [2.45, 2.75) is 6.92 Å². The molecule has 0 radical (unpaired) electrons. The standard InChI is InChI=1S/C7H10O3/c1-5-7(4-8-3)10-6(2)9-5/h2,4H2,1,3H3. The van der Waals surface area contributed by atoms with Crippen LogP contribution in [0.5, 0.6) is 0 Å². The fourth-order valence-corrected chi connectivity index (χ4v) is 0.720. The van der Waals surface area contributed by atoms with Crippen molar-refractivity contribution in [2.75, 3.05) is 13.7 Å². The van der Waals surface area contributed by atoms with Gasteiger partial charge in [-0.05, 0) is 13.5 Å². The average Bonchev–Trinajstić information content (AvgIpc) is 2.13. The third-order valence-corrected chi connectivity index (χ3v) is 1.17. The molecule has 0 saturated heterocycles. The van der Waals surface area contributed by atoms with E-state index >= 15 is 0 Å². The smallest absolute Gasteiger partial charge is 0.282 e. The summed E-state index contributed by atoms with van der Waals surface area (Å²) in [7, 11) is 1.60. The summed E-state index contributed by atoms with van der Waals surface area (Å²) in [6, 6.07) is 0. The van der Waals surface area contributed by atoms with Gasteiger partial charge in [0.2, 0.25) is 0 Å². The highest BCUT2D eigenvalue weighted by Gasteiger charge is 2.16. The topological polar surface area (TPSA) is 27.7 Å². The van der Waals surface area contributed by atoms with E-state index in [-0.39, 0.29) is 0 Å². The van der Waals surface area contributed by atoms with Crippen LogP contribution in [0.2, 0.25) is 0 Å². The van der Waals surface area contributed by atoms with E-state index in [4.69, 9.17) is 14.2 Å². The van der Waals surface area contributed by atoms with Crippen LogP contribution in [0.25, 0.3) is 0 Å². The van der Waals surface area contributed by atoms with Crippen molar-refractivity contribution in [3.8, 4) is 0 Å². The molecule has 56 valence electrons. The molecule has 0 aromatic rings. The number of hydrogen-bond donors (Lipinski definition) is 0. The third-order valence-electron chi connectivity index (χ3n) is 1.17. The Kier molecular flexibility index (Phi) is 1.97. The van der Waals surface area contributed by atoms with Crippen molar-refractivity contribution in [1.82, 2.24) is 0 Å². The van der Waals surface area contributed by atoms with Crippen LogP contribution in [0.15, 0.2) is 24.0 Å². The predicted octanol–water partition coefficient (Wildman–Crippen LogP) is 1.38. The minimum atomic E-state index is 0.324. The molecule has 0 atom stereocenters. The molecular weight excluding hydrogens is 132 g/mol.